The number of hydrogen-bond donors (Lipinski definition) is 1. The molecule has 1 aromatic heterocycles. The van der Waals surface area contributed by atoms with Crippen molar-refractivity contribution in [2.75, 3.05) is 11.5 Å². The summed E-state index contributed by atoms with van der Waals surface area (Å²) < 4.78 is 0. The average molecular weight is 202 g/mol. The molecule has 0 saturated carbocycles. The first-order valence-corrected chi connectivity index (χ1v) is 5.19. The minimum Gasteiger partial charge on any atom is -0.368 e. The van der Waals surface area contributed by atoms with E-state index < -0.39 is 0 Å². The van der Waals surface area contributed by atoms with Gasteiger partial charge >= 0.3 is 0 Å². The fourth-order valence-electron chi connectivity index (χ4n) is 1.21. The van der Waals surface area contributed by atoms with Crippen LogP contribution in [-0.4, -0.2) is 15.7 Å². The summed E-state index contributed by atoms with van der Waals surface area (Å²) in [6.45, 7) is 0. The number of nitrogen functional groups attached to an aromatic ring is 1. The number of nitrogens with two attached hydrogens (primary N) is 1. The Morgan fingerprint density at radius 3 is 3.08 bits per heavy atom. The summed E-state index contributed by atoms with van der Waals surface area (Å²) in [5.41, 5.74) is 7.55. The Balaban J connectivity index is 2.53. The van der Waals surface area contributed by atoms with Crippen LogP contribution in [0, 0.1) is 0 Å². The van der Waals surface area contributed by atoms with Crippen LogP contribution in [0.4, 0.5) is 5.95 Å². The summed E-state index contributed by atoms with van der Waals surface area (Å²) in [6, 6.07) is 0. The Hall–Kier alpha value is -0.480. The topological polar surface area (TPSA) is 51.8 Å². The largest absolute Gasteiger partial charge is 0.368 e. The zero-order chi connectivity index (χ0) is 8.55. The van der Waals surface area contributed by atoms with Gasteiger partial charge in [-0.1, -0.05) is 11.6 Å². The molecule has 2 rings (SSSR count). The third-order valence-electron chi connectivity index (χ3n) is 1.79. The molecule has 0 saturated heterocycles. The quantitative estimate of drug-likeness (QED) is 0.647. The van der Waals surface area contributed by atoms with Crippen molar-refractivity contribution in [1.29, 1.82) is 0 Å². The smallest absolute Gasteiger partial charge is 0.221 e. The molecule has 0 aliphatic carbocycles. The molecule has 1 aromatic rings. The fourth-order valence-corrected chi connectivity index (χ4v) is 2.54. The lowest BCUT2D eigenvalue weighted by molar-refractivity contribution is 0.964. The molecule has 0 amide bonds. The predicted octanol–water partition coefficient (Wildman–Crippen LogP) is 1.50. The van der Waals surface area contributed by atoms with Gasteiger partial charge in [-0.3, -0.25) is 0 Å². The summed E-state index contributed by atoms with van der Waals surface area (Å²) in [7, 11) is 0. The molecular weight excluding hydrogens is 194 g/mol. The second-order valence-corrected chi connectivity index (χ2v) is 4.06. The highest BCUT2D eigenvalue weighted by molar-refractivity contribution is 7.98. The van der Waals surface area contributed by atoms with Gasteiger partial charge in [0.25, 0.3) is 0 Å². The number of nitrogens with zero attached hydrogens (tertiary/aromatic N) is 2. The predicted molar refractivity (Wildman–Crippen MR) is 51.3 cm³/mol. The summed E-state index contributed by atoms with van der Waals surface area (Å²) in [5.74, 6) is 2.29. The number of aromatic nitrogens is 2. The molecule has 2 heterocycles. The van der Waals surface area contributed by atoms with E-state index in [1.165, 1.54) is 0 Å². The number of aryl methyl sites for hydroxylation is 1. The van der Waals surface area contributed by atoms with Crippen LogP contribution in [0.25, 0.3) is 0 Å². The second kappa shape index (κ2) is 3.11. The molecular formula is C7H8ClN3S. The average Bonchev–Trinajstić information content (AvgIpc) is 2.04. The molecule has 0 radical (unpaired) electrons. The van der Waals surface area contributed by atoms with Crippen molar-refractivity contribution in [2.45, 2.75) is 12.2 Å². The maximum Gasteiger partial charge on any atom is 0.221 e. The second-order valence-electron chi connectivity index (χ2n) is 2.60. The van der Waals surface area contributed by atoms with Crippen LogP contribution in [0.3, 0.4) is 0 Å². The van der Waals surface area contributed by atoms with E-state index in [4.69, 9.17) is 17.3 Å². The standard InChI is InChI=1S/C7H8ClN3S/c8-6-4-3-12-2-1-5(4)10-7(9)11-6/h1-3H2,(H2,9,10,11). The first-order chi connectivity index (χ1) is 5.77. The Kier molecular flexibility index (Phi) is 2.11. The highest BCUT2D eigenvalue weighted by Gasteiger charge is 2.15. The fraction of sp³-hybridized carbons (Fsp3) is 0.429. The first kappa shape index (κ1) is 8.13. The summed E-state index contributed by atoms with van der Waals surface area (Å²) in [5, 5.41) is 0.518. The van der Waals surface area contributed by atoms with Crippen molar-refractivity contribution in [3.63, 3.8) is 0 Å². The number of hydrogen-bond acceptors (Lipinski definition) is 4. The van der Waals surface area contributed by atoms with E-state index in [0.29, 0.717) is 5.15 Å². The molecule has 1 aliphatic heterocycles. The zero-order valence-corrected chi connectivity index (χ0v) is 7.95. The number of fused-ring (bicyclic) bond motifs is 1. The molecule has 12 heavy (non-hydrogen) atoms. The van der Waals surface area contributed by atoms with Gasteiger partial charge in [-0.05, 0) is 12.2 Å². The maximum atomic E-state index is 5.90. The van der Waals surface area contributed by atoms with Crippen molar-refractivity contribution in [3.8, 4) is 0 Å². The summed E-state index contributed by atoms with van der Waals surface area (Å²) >= 11 is 7.76. The van der Waals surface area contributed by atoms with E-state index in [1.54, 1.807) is 0 Å². The van der Waals surface area contributed by atoms with Gasteiger partial charge in [0.05, 0.1) is 5.69 Å². The maximum absolute atomic E-state index is 5.90. The molecule has 64 valence electrons. The van der Waals surface area contributed by atoms with E-state index in [9.17, 15) is 0 Å². The van der Waals surface area contributed by atoms with Crippen molar-refractivity contribution in [2.24, 2.45) is 0 Å². The van der Waals surface area contributed by atoms with Gasteiger partial charge < -0.3 is 5.73 Å². The Labute approximate surface area is 79.7 Å². The molecule has 0 fully saturated rings. The van der Waals surface area contributed by atoms with Gasteiger partial charge in [-0.25, -0.2) is 9.97 Å². The number of thioether (sulfide) groups is 1. The molecule has 2 N–H and O–H groups in total. The molecule has 0 spiro atoms. The molecule has 3 nitrogen and oxygen atoms in total. The first-order valence-electron chi connectivity index (χ1n) is 3.66. The van der Waals surface area contributed by atoms with Crippen LogP contribution in [0.1, 0.15) is 11.3 Å². The van der Waals surface area contributed by atoms with Crippen molar-refractivity contribution >= 4 is 29.3 Å². The number of halogens is 1. The van der Waals surface area contributed by atoms with Crippen LogP contribution in [-0.2, 0) is 12.2 Å². The lowest BCUT2D eigenvalue weighted by Gasteiger charge is -2.14. The van der Waals surface area contributed by atoms with Crippen molar-refractivity contribution in [3.05, 3.63) is 16.4 Å². The lowest BCUT2D eigenvalue weighted by Crippen LogP contribution is -2.09. The molecule has 0 aromatic carbocycles. The minimum atomic E-state index is 0.283. The Morgan fingerprint density at radius 2 is 2.25 bits per heavy atom. The highest BCUT2D eigenvalue weighted by Crippen LogP contribution is 2.28. The SMILES string of the molecule is Nc1nc(Cl)c2c(n1)CCSC2. The van der Waals surface area contributed by atoms with E-state index in [1.807, 2.05) is 11.8 Å². The molecule has 0 bridgehead atoms. The van der Waals surface area contributed by atoms with Gasteiger partial charge in [-0.15, -0.1) is 0 Å². The van der Waals surface area contributed by atoms with Gasteiger partial charge in [0.2, 0.25) is 5.95 Å². The molecule has 5 heteroatoms. The summed E-state index contributed by atoms with van der Waals surface area (Å²) in [6.07, 6.45) is 0.951. The van der Waals surface area contributed by atoms with Gasteiger partial charge in [0.1, 0.15) is 5.15 Å². The Morgan fingerprint density at radius 1 is 1.42 bits per heavy atom. The van der Waals surface area contributed by atoms with Gasteiger partial charge in [0.15, 0.2) is 0 Å². The van der Waals surface area contributed by atoms with Crippen LogP contribution < -0.4 is 5.73 Å². The van der Waals surface area contributed by atoms with Crippen LogP contribution in [0.2, 0.25) is 5.15 Å². The van der Waals surface area contributed by atoms with E-state index >= 15 is 0 Å². The Bertz CT molecular complexity index is 316. The van der Waals surface area contributed by atoms with E-state index in [2.05, 4.69) is 9.97 Å². The summed E-state index contributed by atoms with van der Waals surface area (Å²) in [4.78, 5) is 8.05. The minimum absolute atomic E-state index is 0.283. The molecule has 1 aliphatic rings. The normalized spacial score (nSPS) is 15.8. The highest BCUT2D eigenvalue weighted by atomic mass is 35.5. The van der Waals surface area contributed by atoms with E-state index in [-0.39, 0.29) is 5.95 Å². The lowest BCUT2D eigenvalue weighted by atomic mass is 10.2. The van der Waals surface area contributed by atoms with Crippen LogP contribution in [0.5, 0.6) is 0 Å². The van der Waals surface area contributed by atoms with Gasteiger partial charge in [-0.2, -0.15) is 11.8 Å². The monoisotopic (exact) mass is 201 g/mol. The van der Waals surface area contributed by atoms with E-state index in [0.717, 1.165) is 29.2 Å². The van der Waals surface area contributed by atoms with Crippen LogP contribution in [0.15, 0.2) is 0 Å². The third kappa shape index (κ3) is 1.36. The number of anilines is 1. The zero-order valence-electron chi connectivity index (χ0n) is 6.38. The molecule has 0 atom stereocenters. The van der Waals surface area contributed by atoms with Crippen LogP contribution >= 0.6 is 23.4 Å². The third-order valence-corrected chi connectivity index (χ3v) is 3.09. The van der Waals surface area contributed by atoms with Gasteiger partial charge in [0, 0.05) is 11.3 Å². The van der Waals surface area contributed by atoms with Crippen molar-refractivity contribution < 1.29 is 0 Å². The number of rotatable bonds is 0. The van der Waals surface area contributed by atoms with Crippen molar-refractivity contribution in [1.82, 2.24) is 9.97 Å². The molecule has 0 unspecified atom stereocenters.